The van der Waals surface area contributed by atoms with Crippen molar-refractivity contribution in [1.29, 1.82) is 0 Å². The molecule has 4 nitrogen and oxygen atoms in total. The van der Waals surface area contributed by atoms with Crippen molar-refractivity contribution in [3.8, 4) is 0 Å². The second-order valence-electron chi connectivity index (χ2n) is 4.99. The minimum atomic E-state index is 0.104. The first-order valence-corrected chi connectivity index (χ1v) is 6.24. The van der Waals surface area contributed by atoms with Gasteiger partial charge in [0.1, 0.15) is 0 Å². The van der Waals surface area contributed by atoms with Gasteiger partial charge in [0, 0.05) is 19.1 Å². The van der Waals surface area contributed by atoms with E-state index in [4.69, 9.17) is 5.11 Å². The lowest BCUT2D eigenvalue weighted by Crippen LogP contribution is -2.40. The van der Waals surface area contributed by atoms with Crippen molar-refractivity contribution in [2.75, 3.05) is 19.7 Å². The van der Waals surface area contributed by atoms with Crippen LogP contribution in [-0.4, -0.2) is 36.8 Å². The van der Waals surface area contributed by atoms with E-state index in [1.807, 2.05) is 0 Å². The summed E-state index contributed by atoms with van der Waals surface area (Å²) in [6, 6.07) is 0.104. The van der Waals surface area contributed by atoms with Gasteiger partial charge in [-0.3, -0.25) is 4.79 Å². The van der Waals surface area contributed by atoms with Gasteiger partial charge < -0.3 is 15.7 Å². The minimum absolute atomic E-state index is 0.104. The van der Waals surface area contributed by atoms with Crippen molar-refractivity contribution in [3.63, 3.8) is 0 Å². The third-order valence-corrected chi connectivity index (χ3v) is 3.23. The Morgan fingerprint density at radius 1 is 1.56 bits per heavy atom. The smallest absolute Gasteiger partial charge is 0.220 e. The molecule has 0 aromatic heterocycles. The predicted molar refractivity (Wildman–Crippen MR) is 64.1 cm³/mol. The van der Waals surface area contributed by atoms with Gasteiger partial charge in [-0.15, -0.1) is 0 Å². The molecule has 1 aliphatic rings. The fraction of sp³-hybridized carbons (Fsp3) is 0.917. The molecule has 1 amide bonds. The molecule has 1 saturated heterocycles. The van der Waals surface area contributed by atoms with E-state index >= 15 is 0 Å². The van der Waals surface area contributed by atoms with E-state index in [9.17, 15) is 4.79 Å². The summed E-state index contributed by atoms with van der Waals surface area (Å²) in [5, 5.41) is 15.2. The van der Waals surface area contributed by atoms with Crippen molar-refractivity contribution in [1.82, 2.24) is 10.6 Å². The molecule has 1 heterocycles. The van der Waals surface area contributed by atoms with Crippen LogP contribution in [0.15, 0.2) is 0 Å². The third kappa shape index (κ3) is 4.49. The average molecular weight is 228 g/mol. The maximum atomic E-state index is 11.8. The average Bonchev–Trinajstić information content (AvgIpc) is 2.69. The maximum absolute atomic E-state index is 11.8. The van der Waals surface area contributed by atoms with Gasteiger partial charge in [-0.05, 0) is 37.8 Å². The molecule has 0 aromatic carbocycles. The van der Waals surface area contributed by atoms with Crippen LogP contribution in [0.5, 0.6) is 0 Å². The normalized spacial score (nSPS) is 22.4. The molecular weight excluding hydrogens is 204 g/mol. The molecule has 0 bridgehead atoms. The third-order valence-electron chi connectivity index (χ3n) is 3.23. The highest BCUT2D eigenvalue weighted by Gasteiger charge is 2.21. The summed E-state index contributed by atoms with van der Waals surface area (Å²) in [6.07, 6.45) is 2.35. The molecule has 16 heavy (non-hydrogen) atoms. The van der Waals surface area contributed by atoms with Gasteiger partial charge in [-0.25, -0.2) is 0 Å². The van der Waals surface area contributed by atoms with Crippen LogP contribution in [0.2, 0.25) is 0 Å². The molecule has 4 heteroatoms. The second kappa shape index (κ2) is 6.86. The molecule has 0 spiro atoms. The lowest BCUT2D eigenvalue weighted by atomic mass is 9.99. The van der Waals surface area contributed by atoms with Crippen LogP contribution in [0.1, 0.15) is 33.1 Å². The summed E-state index contributed by atoms with van der Waals surface area (Å²) in [7, 11) is 0. The first-order valence-electron chi connectivity index (χ1n) is 6.24. The number of amides is 1. The molecule has 1 fully saturated rings. The molecule has 0 aromatic rings. The summed E-state index contributed by atoms with van der Waals surface area (Å²) in [6.45, 7) is 6.26. The van der Waals surface area contributed by atoms with E-state index in [1.165, 1.54) is 0 Å². The molecule has 0 radical (unpaired) electrons. The van der Waals surface area contributed by atoms with Gasteiger partial charge in [0.15, 0.2) is 0 Å². The Morgan fingerprint density at radius 2 is 2.31 bits per heavy atom. The lowest BCUT2D eigenvalue weighted by molar-refractivity contribution is -0.123. The Bertz CT molecular complexity index is 213. The highest BCUT2D eigenvalue weighted by Crippen LogP contribution is 2.13. The number of rotatable bonds is 6. The van der Waals surface area contributed by atoms with Crippen molar-refractivity contribution >= 4 is 5.91 Å². The number of aliphatic hydroxyl groups excluding tert-OH is 1. The highest BCUT2D eigenvalue weighted by molar-refractivity contribution is 5.76. The zero-order valence-corrected chi connectivity index (χ0v) is 10.3. The van der Waals surface area contributed by atoms with Gasteiger partial charge in [0.05, 0.1) is 0 Å². The van der Waals surface area contributed by atoms with Crippen molar-refractivity contribution in [2.45, 2.75) is 39.2 Å². The molecule has 3 N–H and O–H groups in total. The van der Waals surface area contributed by atoms with Crippen LogP contribution in [-0.2, 0) is 4.79 Å². The van der Waals surface area contributed by atoms with E-state index in [-0.39, 0.29) is 18.6 Å². The van der Waals surface area contributed by atoms with Gasteiger partial charge in [-0.1, -0.05) is 13.8 Å². The van der Waals surface area contributed by atoms with Crippen LogP contribution in [0, 0.1) is 11.8 Å². The Morgan fingerprint density at radius 3 is 2.81 bits per heavy atom. The molecule has 0 aliphatic carbocycles. The summed E-state index contributed by atoms with van der Waals surface area (Å²) < 4.78 is 0. The maximum Gasteiger partial charge on any atom is 0.220 e. The summed E-state index contributed by atoms with van der Waals surface area (Å²) in [5.74, 6) is 0.987. The molecular formula is C12H24N2O2. The van der Waals surface area contributed by atoms with E-state index in [0.717, 1.165) is 19.5 Å². The van der Waals surface area contributed by atoms with Crippen molar-refractivity contribution in [3.05, 3.63) is 0 Å². The van der Waals surface area contributed by atoms with Gasteiger partial charge in [0.2, 0.25) is 5.91 Å². The first-order chi connectivity index (χ1) is 7.63. The molecule has 2 unspecified atom stereocenters. The standard InChI is InChI=1S/C12H24N2O2/c1-9(2)11(4-6-15)14-12(16)7-10-3-5-13-8-10/h9-11,13,15H,3-8H2,1-2H3,(H,14,16). The summed E-state index contributed by atoms with van der Waals surface area (Å²) >= 11 is 0. The Hall–Kier alpha value is -0.610. The molecule has 1 aliphatic heterocycles. The second-order valence-corrected chi connectivity index (χ2v) is 4.99. The molecule has 1 rings (SSSR count). The van der Waals surface area contributed by atoms with E-state index in [1.54, 1.807) is 0 Å². The Labute approximate surface area is 97.8 Å². The topological polar surface area (TPSA) is 61.4 Å². The van der Waals surface area contributed by atoms with E-state index < -0.39 is 0 Å². The van der Waals surface area contributed by atoms with E-state index in [0.29, 0.717) is 24.7 Å². The fourth-order valence-corrected chi connectivity index (χ4v) is 2.13. The van der Waals surface area contributed by atoms with Gasteiger partial charge >= 0.3 is 0 Å². The van der Waals surface area contributed by atoms with E-state index in [2.05, 4.69) is 24.5 Å². The monoisotopic (exact) mass is 228 g/mol. The Balaban J connectivity index is 2.29. The van der Waals surface area contributed by atoms with Crippen LogP contribution in [0.25, 0.3) is 0 Å². The first kappa shape index (κ1) is 13.5. The Kier molecular flexibility index (Phi) is 5.77. The van der Waals surface area contributed by atoms with Crippen LogP contribution in [0.4, 0.5) is 0 Å². The zero-order chi connectivity index (χ0) is 12.0. The molecule has 0 saturated carbocycles. The number of hydrogen-bond donors (Lipinski definition) is 3. The highest BCUT2D eigenvalue weighted by atomic mass is 16.3. The SMILES string of the molecule is CC(C)C(CCO)NC(=O)CC1CCNC1. The summed E-state index contributed by atoms with van der Waals surface area (Å²) in [4.78, 5) is 11.8. The van der Waals surface area contributed by atoms with Gasteiger partial charge in [0.25, 0.3) is 0 Å². The number of carbonyl (C=O) groups is 1. The quantitative estimate of drug-likeness (QED) is 0.621. The number of hydrogen-bond acceptors (Lipinski definition) is 3. The summed E-state index contributed by atoms with van der Waals surface area (Å²) in [5.41, 5.74) is 0. The van der Waals surface area contributed by atoms with Gasteiger partial charge in [-0.2, -0.15) is 0 Å². The molecule has 94 valence electrons. The van der Waals surface area contributed by atoms with Crippen molar-refractivity contribution < 1.29 is 9.90 Å². The largest absolute Gasteiger partial charge is 0.396 e. The number of aliphatic hydroxyl groups is 1. The number of carbonyl (C=O) groups excluding carboxylic acids is 1. The van der Waals surface area contributed by atoms with Crippen LogP contribution >= 0.6 is 0 Å². The van der Waals surface area contributed by atoms with Crippen LogP contribution in [0.3, 0.4) is 0 Å². The zero-order valence-electron chi connectivity index (χ0n) is 10.3. The number of nitrogens with one attached hydrogen (secondary N) is 2. The fourth-order valence-electron chi connectivity index (χ4n) is 2.13. The van der Waals surface area contributed by atoms with Crippen LogP contribution < -0.4 is 10.6 Å². The van der Waals surface area contributed by atoms with Crippen molar-refractivity contribution in [2.24, 2.45) is 11.8 Å². The lowest BCUT2D eigenvalue weighted by Gasteiger charge is -2.22. The molecule has 2 atom stereocenters. The predicted octanol–water partition coefficient (Wildman–Crippen LogP) is 0.509. The minimum Gasteiger partial charge on any atom is -0.396 e.